The van der Waals surface area contributed by atoms with Crippen LogP contribution in [0.15, 0.2) is 16.8 Å². The van der Waals surface area contributed by atoms with E-state index in [0.29, 0.717) is 24.0 Å². The molecule has 0 radical (unpaired) electrons. The number of hydrogen-bond donors (Lipinski definition) is 1. The first kappa shape index (κ1) is 10.8. The van der Waals surface area contributed by atoms with Crippen LogP contribution in [-0.2, 0) is 11.8 Å². The number of ether oxygens (including phenoxy) is 1. The molecule has 2 heterocycles. The molecule has 2 rings (SSSR count). The predicted octanol–water partition coefficient (Wildman–Crippen LogP) is 0.116. The zero-order valence-electron chi connectivity index (χ0n) is 9.12. The Hall–Kier alpha value is -1.73. The maximum absolute atomic E-state index is 5.77. The van der Waals surface area contributed by atoms with E-state index in [1.807, 2.05) is 7.05 Å². The van der Waals surface area contributed by atoms with Gasteiger partial charge in [-0.15, -0.1) is 0 Å². The smallest absolute Gasteiger partial charge is 0.278 e. The van der Waals surface area contributed by atoms with Crippen molar-refractivity contribution in [3.05, 3.63) is 18.1 Å². The zero-order chi connectivity index (χ0) is 11.5. The van der Waals surface area contributed by atoms with Crippen LogP contribution in [0.2, 0.25) is 0 Å². The molecule has 2 N–H and O–H groups in total. The van der Waals surface area contributed by atoms with Crippen LogP contribution in [0.4, 0.5) is 0 Å². The van der Waals surface area contributed by atoms with E-state index < -0.39 is 0 Å². The van der Waals surface area contributed by atoms with Crippen LogP contribution in [0.25, 0.3) is 11.6 Å². The fraction of sp³-hybridized carbons (Fsp3) is 0.444. The Morgan fingerprint density at radius 3 is 3.06 bits per heavy atom. The molecule has 0 saturated carbocycles. The van der Waals surface area contributed by atoms with Crippen LogP contribution >= 0.6 is 0 Å². The third-order valence-corrected chi connectivity index (χ3v) is 2.05. The van der Waals surface area contributed by atoms with Crippen molar-refractivity contribution >= 4 is 0 Å². The van der Waals surface area contributed by atoms with E-state index in [2.05, 4.69) is 15.2 Å². The van der Waals surface area contributed by atoms with E-state index in [1.165, 1.54) is 0 Å². The second kappa shape index (κ2) is 4.42. The Morgan fingerprint density at radius 1 is 1.62 bits per heavy atom. The summed E-state index contributed by atoms with van der Waals surface area (Å²) in [5, 5.41) is 7.93. The van der Waals surface area contributed by atoms with Gasteiger partial charge in [0.25, 0.3) is 5.89 Å². The summed E-state index contributed by atoms with van der Waals surface area (Å²) in [5.41, 5.74) is 6.40. The molecule has 0 aromatic carbocycles. The highest BCUT2D eigenvalue weighted by Crippen LogP contribution is 2.16. The van der Waals surface area contributed by atoms with E-state index in [9.17, 15) is 0 Å². The van der Waals surface area contributed by atoms with Crippen molar-refractivity contribution in [2.45, 2.75) is 6.04 Å². The summed E-state index contributed by atoms with van der Waals surface area (Å²) in [5.74, 6) is 0.782. The minimum atomic E-state index is -0.383. The molecular formula is C9H13N5O2. The molecule has 0 saturated heterocycles. The molecule has 7 heteroatoms. The summed E-state index contributed by atoms with van der Waals surface area (Å²) in [4.78, 5) is 4.15. The van der Waals surface area contributed by atoms with Crippen LogP contribution in [-0.4, -0.2) is 33.6 Å². The molecular weight excluding hydrogens is 210 g/mol. The maximum Gasteiger partial charge on any atom is 0.278 e. The highest BCUT2D eigenvalue weighted by molar-refractivity contribution is 5.44. The Kier molecular flexibility index (Phi) is 2.97. The first-order valence-corrected chi connectivity index (χ1v) is 4.79. The van der Waals surface area contributed by atoms with Crippen molar-refractivity contribution in [3.8, 4) is 11.6 Å². The van der Waals surface area contributed by atoms with Gasteiger partial charge in [0.2, 0.25) is 0 Å². The van der Waals surface area contributed by atoms with Gasteiger partial charge in [-0.25, -0.2) is 0 Å². The van der Waals surface area contributed by atoms with Crippen LogP contribution in [0, 0.1) is 0 Å². The Labute approximate surface area is 92.2 Å². The Bertz CT molecular complexity index is 464. The number of methoxy groups -OCH3 is 1. The number of aromatic nitrogens is 4. The fourth-order valence-electron chi connectivity index (χ4n) is 1.27. The van der Waals surface area contributed by atoms with E-state index in [-0.39, 0.29) is 6.04 Å². The molecule has 0 aliphatic carbocycles. The third kappa shape index (κ3) is 2.10. The van der Waals surface area contributed by atoms with Crippen molar-refractivity contribution in [1.29, 1.82) is 0 Å². The van der Waals surface area contributed by atoms with Gasteiger partial charge in [0.15, 0.2) is 11.5 Å². The van der Waals surface area contributed by atoms with Gasteiger partial charge in [-0.2, -0.15) is 10.1 Å². The molecule has 86 valence electrons. The Balaban J connectivity index is 2.19. The van der Waals surface area contributed by atoms with Gasteiger partial charge in [-0.1, -0.05) is 5.16 Å². The van der Waals surface area contributed by atoms with Gasteiger partial charge in [0.05, 0.1) is 12.6 Å². The van der Waals surface area contributed by atoms with Crippen molar-refractivity contribution in [2.75, 3.05) is 13.7 Å². The first-order valence-electron chi connectivity index (χ1n) is 4.79. The van der Waals surface area contributed by atoms with E-state index in [1.54, 1.807) is 24.1 Å². The van der Waals surface area contributed by atoms with E-state index in [0.717, 1.165) is 0 Å². The molecule has 2 aromatic heterocycles. The van der Waals surface area contributed by atoms with Crippen LogP contribution in [0.1, 0.15) is 11.9 Å². The number of rotatable bonds is 4. The second-order valence-corrected chi connectivity index (χ2v) is 3.39. The number of nitrogens with two attached hydrogens (primary N) is 1. The molecule has 0 aliphatic rings. The van der Waals surface area contributed by atoms with Crippen molar-refractivity contribution in [2.24, 2.45) is 12.8 Å². The van der Waals surface area contributed by atoms with Crippen molar-refractivity contribution in [1.82, 2.24) is 19.9 Å². The van der Waals surface area contributed by atoms with Gasteiger partial charge in [0.1, 0.15) is 0 Å². The van der Waals surface area contributed by atoms with E-state index in [4.69, 9.17) is 15.0 Å². The molecule has 1 atom stereocenters. The van der Waals surface area contributed by atoms with Gasteiger partial charge in [-0.05, 0) is 6.07 Å². The molecule has 0 spiro atoms. The molecule has 0 fully saturated rings. The van der Waals surface area contributed by atoms with Crippen molar-refractivity contribution < 1.29 is 9.26 Å². The molecule has 7 nitrogen and oxygen atoms in total. The minimum Gasteiger partial charge on any atom is -0.383 e. The monoisotopic (exact) mass is 223 g/mol. The lowest BCUT2D eigenvalue weighted by atomic mass is 10.3. The van der Waals surface area contributed by atoms with Crippen LogP contribution in [0.3, 0.4) is 0 Å². The lowest BCUT2D eigenvalue weighted by molar-refractivity contribution is 0.177. The topological polar surface area (TPSA) is 92.0 Å². The molecule has 2 aromatic rings. The largest absolute Gasteiger partial charge is 0.383 e. The molecule has 0 amide bonds. The lowest BCUT2D eigenvalue weighted by Gasteiger charge is -2.02. The highest BCUT2D eigenvalue weighted by Gasteiger charge is 2.16. The predicted molar refractivity (Wildman–Crippen MR) is 55.3 cm³/mol. The fourth-order valence-corrected chi connectivity index (χ4v) is 1.27. The Morgan fingerprint density at radius 2 is 2.44 bits per heavy atom. The first-order chi connectivity index (χ1) is 7.70. The standard InChI is InChI=1S/C9H13N5O2/c1-14-4-3-7(12-14)9-11-8(13-16-9)6(10)5-15-2/h3-4,6H,5,10H2,1-2H3. The number of nitrogens with zero attached hydrogens (tertiary/aromatic N) is 4. The molecule has 16 heavy (non-hydrogen) atoms. The summed E-state index contributed by atoms with van der Waals surface area (Å²) < 4.78 is 11.6. The summed E-state index contributed by atoms with van der Waals surface area (Å²) in [6.07, 6.45) is 1.80. The van der Waals surface area contributed by atoms with E-state index >= 15 is 0 Å². The van der Waals surface area contributed by atoms with Gasteiger partial charge in [-0.3, -0.25) is 4.68 Å². The summed E-state index contributed by atoms with van der Waals surface area (Å²) in [7, 11) is 3.39. The molecule has 1 unspecified atom stereocenters. The normalized spacial score (nSPS) is 12.9. The number of hydrogen-bond acceptors (Lipinski definition) is 6. The third-order valence-electron chi connectivity index (χ3n) is 2.05. The highest BCUT2D eigenvalue weighted by atomic mass is 16.5. The quantitative estimate of drug-likeness (QED) is 0.791. The summed E-state index contributed by atoms with van der Waals surface area (Å²) in [6.45, 7) is 0.348. The summed E-state index contributed by atoms with van der Waals surface area (Å²) >= 11 is 0. The zero-order valence-corrected chi connectivity index (χ0v) is 9.12. The number of aryl methyl sites for hydroxylation is 1. The molecule has 0 aliphatic heterocycles. The lowest BCUT2D eigenvalue weighted by Crippen LogP contribution is -2.17. The van der Waals surface area contributed by atoms with Gasteiger partial charge in [0, 0.05) is 20.4 Å². The minimum absolute atomic E-state index is 0.348. The van der Waals surface area contributed by atoms with Crippen molar-refractivity contribution in [3.63, 3.8) is 0 Å². The second-order valence-electron chi connectivity index (χ2n) is 3.39. The van der Waals surface area contributed by atoms with Crippen LogP contribution in [0.5, 0.6) is 0 Å². The average Bonchev–Trinajstić information content (AvgIpc) is 2.85. The average molecular weight is 223 g/mol. The van der Waals surface area contributed by atoms with Crippen LogP contribution < -0.4 is 5.73 Å². The molecule has 0 bridgehead atoms. The SMILES string of the molecule is COCC(N)c1noc(-c2ccn(C)n2)n1. The maximum atomic E-state index is 5.77. The van der Waals surface area contributed by atoms with Gasteiger partial charge < -0.3 is 15.0 Å². The summed E-state index contributed by atoms with van der Waals surface area (Å²) in [6, 6.07) is 1.41. The van der Waals surface area contributed by atoms with Gasteiger partial charge >= 0.3 is 0 Å².